The number of hydrogen-bond acceptors (Lipinski definition) is 5. The Balaban J connectivity index is 1.41. The van der Waals surface area contributed by atoms with Crippen molar-refractivity contribution in [2.24, 2.45) is 0 Å². The highest BCUT2D eigenvalue weighted by molar-refractivity contribution is 14.1. The summed E-state index contributed by atoms with van der Waals surface area (Å²) >= 11 is 2.36. The summed E-state index contributed by atoms with van der Waals surface area (Å²) in [5, 5.41) is 1.08. The topological polar surface area (TPSA) is 66.9 Å². The van der Waals surface area contributed by atoms with Crippen LogP contribution in [-0.2, 0) is 6.54 Å². The van der Waals surface area contributed by atoms with E-state index in [0.29, 0.717) is 6.61 Å². The molecular weight excluding hydrogens is 525 g/mol. The molecule has 0 aliphatic carbocycles. The molecule has 0 saturated heterocycles. The van der Waals surface area contributed by atoms with Gasteiger partial charge in [-0.15, -0.1) is 0 Å². The summed E-state index contributed by atoms with van der Waals surface area (Å²) in [5.41, 5.74) is 7.67. The zero-order valence-electron chi connectivity index (χ0n) is 18.4. The molecule has 2 aromatic heterocycles. The summed E-state index contributed by atoms with van der Waals surface area (Å²) in [5.74, 6) is 2.82. The molecule has 5 aromatic rings. The summed E-state index contributed by atoms with van der Waals surface area (Å²) in [6.07, 6.45) is 1.67. The van der Waals surface area contributed by atoms with Crippen LogP contribution >= 0.6 is 22.6 Å². The third-order valence-electron chi connectivity index (χ3n) is 6.15. The highest BCUT2D eigenvalue weighted by Crippen LogP contribution is 2.34. The first-order chi connectivity index (χ1) is 16.0. The van der Waals surface area contributed by atoms with Crippen LogP contribution in [0.1, 0.15) is 17.0 Å². The first-order valence-electron chi connectivity index (χ1n) is 10.9. The zero-order valence-corrected chi connectivity index (χ0v) is 20.6. The lowest BCUT2D eigenvalue weighted by molar-refractivity contribution is 0.331. The number of nitrogens with one attached hydrogen (secondary N) is 1. The van der Waals surface area contributed by atoms with Crippen LogP contribution in [0.2, 0.25) is 0 Å². The van der Waals surface area contributed by atoms with E-state index in [0.717, 1.165) is 69.1 Å². The molecule has 0 radical (unpaired) electrons. The molecule has 1 N–H and O–H groups in total. The van der Waals surface area contributed by atoms with Crippen LogP contribution in [-0.4, -0.2) is 33.1 Å². The van der Waals surface area contributed by atoms with Gasteiger partial charge in [-0.2, -0.15) is 0 Å². The van der Waals surface area contributed by atoms with Gasteiger partial charge in [-0.25, -0.2) is 15.0 Å². The lowest BCUT2D eigenvalue weighted by Crippen LogP contribution is -2.26. The quantitative estimate of drug-likeness (QED) is 0.284. The van der Waals surface area contributed by atoms with E-state index >= 15 is 0 Å². The maximum absolute atomic E-state index is 6.12. The number of H-pyrrole nitrogens is 1. The Morgan fingerprint density at radius 3 is 2.76 bits per heavy atom. The van der Waals surface area contributed by atoms with E-state index in [4.69, 9.17) is 4.74 Å². The van der Waals surface area contributed by atoms with Gasteiger partial charge in [-0.1, -0.05) is 12.1 Å². The van der Waals surface area contributed by atoms with Gasteiger partial charge in [-0.05, 0) is 89.5 Å². The monoisotopic (exact) mass is 547 g/mol. The van der Waals surface area contributed by atoms with Crippen molar-refractivity contribution in [3.63, 3.8) is 0 Å². The van der Waals surface area contributed by atoms with Gasteiger partial charge in [0.25, 0.3) is 0 Å². The predicted octanol–water partition coefficient (Wildman–Crippen LogP) is 5.79. The van der Waals surface area contributed by atoms with E-state index in [1.165, 1.54) is 9.13 Å². The Morgan fingerprint density at radius 2 is 1.85 bits per heavy atom. The summed E-state index contributed by atoms with van der Waals surface area (Å²) in [6, 6.07) is 17.1. The molecule has 0 unspecified atom stereocenters. The van der Waals surface area contributed by atoms with Crippen molar-refractivity contribution < 1.29 is 4.74 Å². The molecular formula is C26H22IN5O. The molecule has 0 fully saturated rings. The number of benzene rings is 3. The standard InChI is InChI=1S/C26H22IN5O/c1-15-9-20(27)12-21-25(15)28-14-29-26(21)32-7-8-33-24-6-4-17(10-19(24)13-32)18-3-5-22-23(11-18)31-16(2)30-22/h3-6,9-12,14H,7-8,13H2,1-2H3,(H,30,31). The van der Waals surface area contributed by atoms with Crippen LogP contribution in [0.25, 0.3) is 33.1 Å². The number of halogens is 1. The number of anilines is 1. The van der Waals surface area contributed by atoms with E-state index in [9.17, 15) is 0 Å². The molecule has 3 heterocycles. The van der Waals surface area contributed by atoms with E-state index in [2.05, 4.69) is 103 Å². The average molecular weight is 547 g/mol. The summed E-state index contributed by atoms with van der Waals surface area (Å²) in [4.78, 5) is 19.4. The van der Waals surface area contributed by atoms with Crippen LogP contribution in [0, 0.1) is 17.4 Å². The molecule has 164 valence electrons. The van der Waals surface area contributed by atoms with E-state index in [1.807, 2.05) is 6.92 Å². The molecule has 1 aliphatic heterocycles. The molecule has 0 saturated carbocycles. The zero-order chi connectivity index (χ0) is 22.5. The molecule has 6 nitrogen and oxygen atoms in total. The number of aryl methyl sites for hydroxylation is 2. The highest BCUT2D eigenvalue weighted by atomic mass is 127. The van der Waals surface area contributed by atoms with Crippen LogP contribution in [0.4, 0.5) is 5.82 Å². The second kappa shape index (κ2) is 7.98. The third kappa shape index (κ3) is 3.70. The van der Waals surface area contributed by atoms with Crippen molar-refractivity contribution in [1.29, 1.82) is 0 Å². The second-order valence-electron chi connectivity index (χ2n) is 8.46. The van der Waals surface area contributed by atoms with Crippen molar-refractivity contribution >= 4 is 50.3 Å². The molecule has 0 bridgehead atoms. The third-order valence-corrected chi connectivity index (χ3v) is 6.77. The molecule has 1 aliphatic rings. The van der Waals surface area contributed by atoms with Crippen LogP contribution in [0.15, 0.2) is 54.9 Å². The maximum Gasteiger partial charge on any atom is 0.140 e. The van der Waals surface area contributed by atoms with Gasteiger partial charge < -0.3 is 14.6 Å². The number of hydrogen-bond donors (Lipinski definition) is 1. The predicted molar refractivity (Wildman–Crippen MR) is 140 cm³/mol. The van der Waals surface area contributed by atoms with Gasteiger partial charge in [0.1, 0.15) is 30.3 Å². The second-order valence-corrected chi connectivity index (χ2v) is 9.71. The van der Waals surface area contributed by atoms with Gasteiger partial charge in [0.15, 0.2) is 0 Å². The fourth-order valence-electron chi connectivity index (χ4n) is 4.61. The van der Waals surface area contributed by atoms with Crippen LogP contribution < -0.4 is 9.64 Å². The Labute approximate surface area is 205 Å². The van der Waals surface area contributed by atoms with E-state index in [1.54, 1.807) is 6.33 Å². The lowest BCUT2D eigenvalue weighted by atomic mass is 10.0. The number of ether oxygens (including phenoxy) is 1. The van der Waals surface area contributed by atoms with Crippen LogP contribution in [0.3, 0.4) is 0 Å². The molecule has 6 rings (SSSR count). The van der Waals surface area contributed by atoms with Crippen LogP contribution in [0.5, 0.6) is 5.75 Å². The van der Waals surface area contributed by atoms with Crippen molar-refractivity contribution in [3.8, 4) is 16.9 Å². The molecule has 0 spiro atoms. The number of nitrogens with zero attached hydrogens (tertiary/aromatic N) is 4. The molecule has 3 aromatic carbocycles. The number of fused-ring (bicyclic) bond motifs is 3. The number of aromatic amines is 1. The van der Waals surface area contributed by atoms with Crippen molar-refractivity contribution in [3.05, 3.63) is 75.4 Å². The molecule has 0 amide bonds. The Bertz CT molecular complexity index is 1530. The van der Waals surface area contributed by atoms with Gasteiger partial charge in [0, 0.05) is 21.1 Å². The van der Waals surface area contributed by atoms with Gasteiger partial charge in [-0.3, -0.25) is 0 Å². The molecule has 33 heavy (non-hydrogen) atoms. The number of imidazole rings is 1. The van der Waals surface area contributed by atoms with Crippen molar-refractivity contribution in [2.75, 3.05) is 18.1 Å². The normalized spacial score (nSPS) is 13.7. The van der Waals surface area contributed by atoms with Gasteiger partial charge in [0.05, 0.1) is 23.1 Å². The summed E-state index contributed by atoms with van der Waals surface area (Å²) < 4.78 is 7.31. The smallest absolute Gasteiger partial charge is 0.140 e. The summed E-state index contributed by atoms with van der Waals surface area (Å²) in [6.45, 7) is 6.19. The first kappa shape index (κ1) is 20.4. The Hall–Kier alpha value is -3.20. The van der Waals surface area contributed by atoms with E-state index in [-0.39, 0.29) is 0 Å². The molecule has 7 heteroatoms. The largest absolute Gasteiger partial charge is 0.491 e. The highest BCUT2D eigenvalue weighted by Gasteiger charge is 2.20. The average Bonchev–Trinajstić information content (AvgIpc) is 3.04. The lowest BCUT2D eigenvalue weighted by Gasteiger charge is -2.22. The SMILES string of the molecule is Cc1nc2ccc(-c3ccc4c(c3)CN(c3ncnc5c(C)cc(I)cc35)CCO4)cc2[nH]1. The number of aromatic nitrogens is 4. The minimum Gasteiger partial charge on any atom is -0.491 e. The van der Waals surface area contributed by atoms with E-state index < -0.39 is 0 Å². The van der Waals surface area contributed by atoms with Gasteiger partial charge >= 0.3 is 0 Å². The summed E-state index contributed by atoms with van der Waals surface area (Å²) in [7, 11) is 0. The minimum atomic E-state index is 0.611. The fraction of sp³-hybridized carbons (Fsp3) is 0.192. The van der Waals surface area contributed by atoms with Crippen molar-refractivity contribution in [2.45, 2.75) is 20.4 Å². The maximum atomic E-state index is 6.12. The number of rotatable bonds is 2. The Kier molecular flexibility index (Phi) is 4.94. The van der Waals surface area contributed by atoms with Gasteiger partial charge in [0.2, 0.25) is 0 Å². The molecule has 0 atom stereocenters. The fourth-order valence-corrected chi connectivity index (χ4v) is 5.39. The minimum absolute atomic E-state index is 0.611. The van der Waals surface area contributed by atoms with Crippen molar-refractivity contribution in [1.82, 2.24) is 19.9 Å². The first-order valence-corrected chi connectivity index (χ1v) is 12.0. The Morgan fingerprint density at radius 1 is 1.00 bits per heavy atom.